The highest BCUT2D eigenvalue weighted by molar-refractivity contribution is 5.83. The van der Waals surface area contributed by atoms with Crippen molar-refractivity contribution in [3.05, 3.63) is 0 Å². The van der Waals surface area contributed by atoms with Gasteiger partial charge in [0.05, 0.1) is 12.5 Å². The first-order chi connectivity index (χ1) is 7.87. The first kappa shape index (κ1) is 16.9. The van der Waals surface area contributed by atoms with Gasteiger partial charge in [0.25, 0.3) is 0 Å². The highest BCUT2D eigenvalue weighted by atomic mass is 16.4. The summed E-state index contributed by atoms with van der Waals surface area (Å²) in [7, 11) is 0. The number of carbonyl (C=O) groups excluding carboxylic acids is 1. The third-order valence-electron chi connectivity index (χ3n) is 2.82. The lowest BCUT2D eigenvalue weighted by molar-refractivity contribution is -0.142. The van der Waals surface area contributed by atoms with Gasteiger partial charge in [0.2, 0.25) is 5.91 Å². The molecule has 3 N–H and O–H groups in total. The van der Waals surface area contributed by atoms with Gasteiger partial charge in [-0.3, -0.25) is 9.59 Å². The van der Waals surface area contributed by atoms with E-state index in [1.54, 1.807) is 4.90 Å². The standard InChI is InChI=1S/C13H26N2O3/c1-12(2,3)10(14)11(18)15(13(4,5)6)8-7-9(16)17/h10H,7-8,14H2,1-6H3,(H,16,17). The molecule has 18 heavy (non-hydrogen) atoms. The van der Waals surface area contributed by atoms with Crippen LogP contribution in [-0.4, -0.2) is 40.0 Å². The van der Waals surface area contributed by atoms with Gasteiger partial charge >= 0.3 is 5.97 Å². The summed E-state index contributed by atoms with van der Waals surface area (Å²) in [6.07, 6.45) is -0.0696. The Labute approximate surface area is 109 Å². The maximum atomic E-state index is 12.4. The fraction of sp³-hybridized carbons (Fsp3) is 0.846. The lowest BCUT2D eigenvalue weighted by Gasteiger charge is -2.39. The van der Waals surface area contributed by atoms with E-state index < -0.39 is 17.6 Å². The fourth-order valence-corrected chi connectivity index (χ4v) is 1.52. The molecule has 5 nitrogen and oxygen atoms in total. The molecule has 1 atom stereocenters. The van der Waals surface area contributed by atoms with E-state index in [1.165, 1.54) is 0 Å². The number of carboxylic acids is 1. The summed E-state index contributed by atoms with van der Waals surface area (Å²) < 4.78 is 0. The van der Waals surface area contributed by atoms with E-state index in [0.29, 0.717) is 0 Å². The van der Waals surface area contributed by atoms with Gasteiger partial charge in [0, 0.05) is 12.1 Å². The van der Waals surface area contributed by atoms with Crippen molar-refractivity contribution in [1.82, 2.24) is 4.90 Å². The van der Waals surface area contributed by atoms with Crippen molar-refractivity contribution < 1.29 is 14.7 Å². The van der Waals surface area contributed by atoms with Crippen molar-refractivity contribution in [3.63, 3.8) is 0 Å². The van der Waals surface area contributed by atoms with E-state index in [-0.39, 0.29) is 24.3 Å². The van der Waals surface area contributed by atoms with Crippen LogP contribution in [0.25, 0.3) is 0 Å². The van der Waals surface area contributed by atoms with Gasteiger partial charge in [0.1, 0.15) is 0 Å². The molecule has 0 aromatic carbocycles. The van der Waals surface area contributed by atoms with Crippen molar-refractivity contribution >= 4 is 11.9 Å². The third kappa shape index (κ3) is 5.04. The molecule has 0 heterocycles. The summed E-state index contributed by atoms with van der Waals surface area (Å²) >= 11 is 0. The molecule has 0 aliphatic heterocycles. The molecule has 0 aliphatic rings. The predicted octanol–water partition coefficient (Wildman–Crippen LogP) is 1.46. The van der Waals surface area contributed by atoms with Crippen LogP contribution in [0.2, 0.25) is 0 Å². The molecule has 0 bridgehead atoms. The smallest absolute Gasteiger partial charge is 0.305 e. The Kier molecular flexibility index (Phi) is 5.35. The predicted molar refractivity (Wildman–Crippen MR) is 71.1 cm³/mol. The summed E-state index contributed by atoms with van der Waals surface area (Å²) in [5, 5.41) is 8.74. The molecule has 0 rings (SSSR count). The molecule has 0 aliphatic carbocycles. The molecular formula is C13H26N2O3. The highest BCUT2D eigenvalue weighted by Crippen LogP contribution is 2.23. The maximum Gasteiger partial charge on any atom is 0.305 e. The van der Waals surface area contributed by atoms with Crippen molar-refractivity contribution in [1.29, 1.82) is 0 Å². The van der Waals surface area contributed by atoms with Crippen molar-refractivity contribution in [3.8, 4) is 0 Å². The van der Waals surface area contributed by atoms with Crippen LogP contribution in [0.5, 0.6) is 0 Å². The van der Waals surface area contributed by atoms with Gasteiger partial charge in [-0.05, 0) is 26.2 Å². The third-order valence-corrected chi connectivity index (χ3v) is 2.82. The zero-order valence-corrected chi connectivity index (χ0v) is 12.3. The van der Waals surface area contributed by atoms with Crippen LogP contribution in [0.15, 0.2) is 0 Å². The number of amides is 1. The van der Waals surface area contributed by atoms with Crippen molar-refractivity contribution in [2.45, 2.75) is 59.5 Å². The van der Waals surface area contributed by atoms with Crippen LogP contribution in [-0.2, 0) is 9.59 Å². The molecule has 5 heteroatoms. The molecule has 0 spiro atoms. The minimum Gasteiger partial charge on any atom is -0.481 e. The average molecular weight is 258 g/mol. The van der Waals surface area contributed by atoms with E-state index >= 15 is 0 Å². The van der Waals surface area contributed by atoms with Crippen LogP contribution in [0, 0.1) is 5.41 Å². The molecule has 0 saturated heterocycles. The van der Waals surface area contributed by atoms with E-state index in [1.807, 2.05) is 41.5 Å². The topological polar surface area (TPSA) is 83.6 Å². The van der Waals surface area contributed by atoms with E-state index in [0.717, 1.165) is 0 Å². The second kappa shape index (κ2) is 5.69. The van der Waals surface area contributed by atoms with Gasteiger partial charge in [-0.15, -0.1) is 0 Å². The minimum absolute atomic E-state index is 0.0696. The normalized spacial score (nSPS) is 14.2. The number of hydrogen-bond acceptors (Lipinski definition) is 3. The fourth-order valence-electron chi connectivity index (χ4n) is 1.52. The average Bonchev–Trinajstić information content (AvgIpc) is 2.12. The molecule has 0 radical (unpaired) electrons. The molecule has 0 saturated carbocycles. The lowest BCUT2D eigenvalue weighted by atomic mass is 9.85. The maximum absolute atomic E-state index is 12.4. The first-order valence-electron chi connectivity index (χ1n) is 6.16. The second-order valence-corrected chi connectivity index (χ2v) is 6.65. The van der Waals surface area contributed by atoms with Crippen LogP contribution in [0.4, 0.5) is 0 Å². The second-order valence-electron chi connectivity index (χ2n) is 6.65. The molecule has 106 valence electrons. The summed E-state index contributed by atoms with van der Waals surface area (Å²) in [5.74, 6) is -1.11. The summed E-state index contributed by atoms with van der Waals surface area (Å²) in [6.45, 7) is 11.5. The molecule has 1 amide bonds. The summed E-state index contributed by atoms with van der Waals surface area (Å²) in [5.41, 5.74) is 5.18. The van der Waals surface area contributed by atoms with Crippen LogP contribution in [0.1, 0.15) is 48.0 Å². The van der Waals surface area contributed by atoms with Crippen molar-refractivity contribution in [2.75, 3.05) is 6.54 Å². The van der Waals surface area contributed by atoms with Crippen LogP contribution in [0.3, 0.4) is 0 Å². The van der Waals surface area contributed by atoms with Gasteiger partial charge in [-0.1, -0.05) is 20.8 Å². The van der Waals surface area contributed by atoms with Crippen molar-refractivity contribution in [2.24, 2.45) is 11.1 Å². The first-order valence-corrected chi connectivity index (χ1v) is 6.16. The summed E-state index contributed by atoms with van der Waals surface area (Å²) in [6, 6.07) is -0.634. The molecule has 1 unspecified atom stereocenters. The molecule has 0 aromatic heterocycles. The largest absolute Gasteiger partial charge is 0.481 e. The Morgan fingerprint density at radius 1 is 1.17 bits per heavy atom. The van der Waals surface area contributed by atoms with Gasteiger partial charge in [-0.2, -0.15) is 0 Å². The number of carbonyl (C=O) groups is 2. The number of aliphatic carboxylic acids is 1. The number of nitrogens with zero attached hydrogens (tertiary/aromatic N) is 1. The lowest BCUT2D eigenvalue weighted by Crippen LogP contribution is -2.56. The Bertz CT molecular complexity index is 313. The Hall–Kier alpha value is -1.10. The van der Waals surface area contributed by atoms with E-state index in [2.05, 4.69) is 0 Å². The quantitative estimate of drug-likeness (QED) is 0.799. The molecule has 0 aromatic rings. The highest BCUT2D eigenvalue weighted by Gasteiger charge is 2.35. The minimum atomic E-state index is -0.915. The number of carboxylic acid groups (broad SMARTS) is 1. The van der Waals surface area contributed by atoms with Gasteiger partial charge < -0.3 is 15.7 Å². The number of nitrogens with two attached hydrogens (primary N) is 1. The summed E-state index contributed by atoms with van der Waals surface area (Å²) in [4.78, 5) is 24.6. The Balaban J connectivity index is 4.98. The van der Waals surface area contributed by atoms with E-state index in [9.17, 15) is 9.59 Å². The Morgan fingerprint density at radius 2 is 1.61 bits per heavy atom. The van der Waals surface area contributed by atoms with Crippen LogP contribution >= 0.6 is 0 Å². The SMILES string of the molecule is CC(C)(C)C(N)C(=O)N(CCC(=O)O)C(C)(C)C. The molecular weight excluding hydrogens is 232 g/mol. The van der Waals surface area contributed by atoms with Crippen LogP contribution < -0.4 is 5.73 Å². The monoisotopic (exact) mass is 258 g/mol. The molecule has 0 fully saturated rings. The van der Waals surface area contributed by atoms with E-state index in [4.69, 9.17) is 10.8 Å². The number of rotatable bonds is 4. The number of hydrogen-bond donors (Lipinski definition) is 2. The van der Waals surface area contributed by atoms with Gasteiger partial charge in [0.15, 0.2) is 0 Å². The zero-order chi connectivity index (χ0) is 14.7. The zero-order valence-electron chi connectivity index (χ0n) is 12.3. The Morgan fingerprint density at radius 3 is 1.89 bits per heavy atom. The van der Waals surface area contributed by atoms with Gasteiger partial charge in [-0.25, -0.2) is 0 Å².